The molecule has 0 aromatic carbocycles. The Morgan fingerprint density at radius 1 is 1.24 bits per heavy atom. The third-order valence-electron chi connectivity index (χ3n) is 5.69. The van der Waals surface area contributed by atoms with Gasteiger partial charge in [0.2, 0.25) is 0 Å². The summed E-state index contributed by atoms with van der Waals surface area (Å²) in [5.41, 5.74) is 1.13. The van der Waals surface area contributed by atoms with E-state index in [1.54, 1.807) is 0 Å². The van der Waals surface area contributed by atoms with Crippen molar-refractivity contribution in [2.75, 3.05) is 6.54 Å². The second-order valence-electron chi connectivity index (χ2n) is 7.13. The third-order valence-corrected chi connectivity index (χ3v) is 5.69. The van der Waals surface area contributed by atoms with Crippen LogP contribution >= 0.6 is 0 Å². The van der Waals surface area contributed by atoms with Crippen molar-refractivity contribution >= 4 is 0 Å². The Morgan fingerprint density at radius 2 is 2.05 bits per heavy atom. The van der Waals surface area contributed by atoms with E-state index in [0.717, 1.165) is 36.4 Å². The summed E-state index contributed by atoms with van der Waals surface area (Å²) >= 11 is 0. The minimum Gasteiger partial charge on any atom is -0.314 e. The van der Waals surface area contributed by atoms with Crippen LogP contribution in [0, 0.1) is 17.8 Å². The molecule has 1 heterocycles. The highest BCUT2D eigenvalue weighted by molar-refractivity contribution is 4.99. The molecule has 2 saturated carbocycles. The Kier molecular flexibility index (Phi) is 4.94. The van der Waals surface area contributed by atoms with Crippen molar-refractivity contribution in [3.63, 3.8) is 0 Å². The molecule has 4 heteroatoms. The van der Waals surface area contributed by atoms with Gasteiger partial charge in [-0.05, 0) is 43.6 Å². The highest BCUT2D eigenvalue weighted by Crippen LogP contribution is 2.43. The monoisotopic (exact) mass is 290 g/mol. The number of hydrogen-bond acceptors (Lipinski definition) is 3. The fraction of sp³-hybridized carbons (Fsp3) is 0.882. The summed E-state index contributed by atoms with van der Waals surface area (Å²) in [5, 5.41) is 12.1. The summed E-state index contributed by atoms with van der Waals surface area (Å²) < 4.78 is 1.82. The van der Waals surface area contributed by atoms with Gasteiger partial charge in [-0.25, -0.2) is 0 Å². The van der Waals surface area contributed by atoms with Crippen molar-refractivity contribution in [2.24, 2.45) is 24.8 Å². The van der Waals surface area contributed by atoms with Crippen LogP contribution in [-0.2, 0) is 13.5 Å². The van der Waals surface area contributed by atoms with Crippen molar-refractivity contribution < 1.29 is 0 Å². The van der Waals surface area contributed by atoms with E-state index >= 15 is 0 Å². The van der Waals surface area contributed by atoms with Gasteiger partial charge >= 0.3 is 0 Å². The van der Waals surface area contributed by atoms with E-state index in [4.69, 9.17) is 0 Å². The van der Waals surface area contributed by atoms with Crippen LogP contribution in [0.4, 0.5) is 0 Å². The third kappa shape index (κ3) is 3.65. The topological polar surface area (TPSA) is 42.7 Å². The van der Waals surface area contributed by atoms with Gasteiger partial charge in [-0.2, -0.15) is 0 Å². The number of nitrogens with one attached hydrogen (secondary N) is 1. The van der Waals surface area contributed by atoms with Gasteiger partial charge in [0.05, 0.1) is 5.69 Å². The molecule has 1 aromatic rings. The second-order valence-corrected chi connectivity index (χ2v) is 7.13. The molecule has 2 fully saturated rings. The number of nitrogens with zero attached hydrogens (tertiary/aromatic N) is 3. The molecule has 4 nitrogen and oxygen atoms in total. The number of hydrogen-bond donors (Lipinski definition) is 1. The van der Waals surface area contributed by atoms with Crippen LogP contribution in [0.15, 0.2) is 6.20 Å². The van der Waals surface area contributed by atoms with Crippen molar-refractivity contribution in [1.29, 1.82) is 0 Å². The van der Waals surface area contributed by atoms with E-state index in [2.05, 4.69) is 28.7 Å². The van der Waals surface area contributed by atoms with Gasteiger partial charge in [0.15, 0.2) is 0 Å². The number of likely N-dealkylation sites (N-methyl/N-ethyl adjacent to an activating group) is 1. The highest BCUT2D eigenvalue weighted by atomic mass is 15.4. The molecule has 0 saturated heterocycles. The lowest BCUT2D eigenvalue weighted by molar-refractivity contribution is 0.109. The Hall–Kier alpha value is -0.900. The molecule has 0 amide bonds. The maximum atomic E-state index is 4.29. The summed E-state index contributed by atoms with van der Waals surface area (Å²) in [6.45, 7) is 3.27. The fourth-order valence-corrected chi connectivity index (χ4v) is 4.66. The lowest BCUT2D eigenvalue weighted by Crippen LogP contribution is -2.42. The van der Waals surface area contributed by atoms with E-state index in [1.165, 1.54) is 44.9 Å². The lowest BCUT2D eigenvalue weighted by Gasteiger charge is -2.42. The van der Waals surface area contributed by atoms with E-state index in [9.17, 15) is 0 Å². The molecule has 2 aliphatic rings. The van der Waals surface area contributed by atoms with Crippen LogP contribution < -0.4 is 5.32 Å². The summed E-state index contributed by atoms with van der Waals surface area (Å²) in [6.07, 6.45) is 13.3. The first kappa shape index (κ1) is 15.0. The van der Waals surface area contributed by atoms with Crippen LogP contribution in [0.3, 0.4) is 0 Å². The number of aryl methyl sites for hydroxylation is 1. The van der Waals surface area contributed by atoms with Gasteiger partial charge in [-0.3, -0.25) is 4.68 Å². The predicted octanol–water partition coefficient (Wildman–Crippen LogP) is 2.94. The Morgan fingerprint density at radius 3 is 2.76 bits per heavy atom. The standard InChI is InChI=1S/C17H30N4/c1-3-18-17(11-16-12-21(2)20-19-16)15-9-8-13-6-4-5-7-14(13)10-15/h12-15,17-18H,3-11H2,1-2H3. The SMILES string of the molecule is CCNC(Cc1cn(C)nn1)C1CCC2CCCCC2C1. The lowest BCUT2D eigenvalue weighted by atomic mass is 9.66. The summed E-state index contributed by atoms with van der Waals surface area (Å²) in [6, 6.07) is 0.578. The highest BCUT2D eigenvalue weighted by Gasteiger charge is 2.35. The maximum absolute atomic E-state index is 4.29. The molecule has 21 heavy (non-hydrogen) atoms. The molecular formula is C17H30N4. The molecule has 1 aromatic heterocycles. The zero-order valence-electron chi connectivity index (χ0n) is 13.6. The molecule has 1 N–H and O–H groups in total. The Balaban J connectivity index is 1.63. The Labute approximate surface area is 128 Å². The number of fused-ring (bicyclic) bond motifs is 1. The fourth-order valence-electron chi connectivity index (χ4n) is 4.66. The second kappa shape index (κ2) is 6.91. The first-order valence-corrected chi connectivity index (χ1v) is 8.84. The van der Waals surface area contributed by atoms with Gasteiger partial charge in [-0.15, -0.1) is 5.10 Å². The van der Waals surface area contributed by atoms with Gasteiger partial charge in [0, 0.05) is 25.7 Å². The maximum Gasteiger partial charge on any atom is 0.0842 e. The van der Waals surface area contributed by atoms with Crippen molar-refractivity contribution in [3.8, 4) is 0 Å². The minimum absolute atomic E-state index is 0.578. The molecular weight excluding hydrogens is 260 g/mol. The zero-order chi connectivity index (χ0) is 14.7. The molecule has 4 unspecified atom stereocenters. The molecule has 0 bridgehead atoms. The molecule has 3 rings (SSSR count). The predicted molar refractivity (Wildman–Crippen MR) is 85.0 cm³/mol. The molecule has 0 spiro atoms. The first-order valence-electron chi connectivity index (χ1n) is 8.84. The smallest absolute Gasteiger partial charge is 0.0842 e. The van der Waals surface area contributed by atoms with Crippen LogP contribution in [0.1, 0.15) is 57.6 Å². The average Bonchev–Trinajstić information content (AvgIpc) is 2.91. The van der Waals surface area contributed by atoms with Crippen molar-refractivity contribution in [1.82, 2.24) is 20.3 Å². The molecule has 4 atom stereocenters. The zero-order valence-corrected chi connectivity index (χ0v) is 13.6. The Bertz CT molecular complexity index is 442. The van der Waals surface area contributed by atoms with E-state index in [1.807, 2.05) is 11.7 Å². The van der Waals surface area contributed by atoms with Gasteiger partial charge < -0.3 is 5.32 Å². The van der Waals surface area contributed by atoms with E-state index in [0.29, 0.717) is 6.04 Å². The summed E-state index contributed by atoms with van der Waals surface area (Å²) in [4.78, 5) is 0. The number of aromatic nitrogens is 3. The molecule has 2 aliphatic carbocycles. The average molecular weight is 290 g/mol. The van der Waals surface area contributed by atoms with Gasteiger partial charge in [0.1, 0.15) is 0 Å². The largest absolute Gasteiger partial charge is 0.314 e. The molecule has 118 valence electrons. The van der Waals surface area contributed by atoms with E-state index in [-0.39, 0.29) is 0 Å². The molecule has 0 radical (unpaired) electrons. The van der Waals surface area contributed by atoms with Crippen LogP contribution in [0.5, 0.6) is 0 Å². The van der Waals surface area contributed by atoms with Gasteiger partial charge in [0.25, 0.3) is 0 Å². The molecule has 0 aliphatic heterocycles. The summed E-state index contributed by atoms with van der Waals surface area (Å²) in [7, 11) is 1.95. The first-order chi connectivity index (χ1) is 10.3. The number of rotatable bonds is 5. The van der Waals surface area contributed by atoms with Gasteiger partial charge in [-0.1, -0.05) is 37.8 Å². The normalized spacial score (nSPS) is 30.9. The van der Waals surface area contributed by atoms with Crippen LogP contribution in [-0.4, -0.2) is 27.6 Å². The quantitative estimate of drug-likeness (QED) is 0.906. The van der Waals surface area contributed by atoms with E-state index < -0.39 is 0 Å². The van der Waals surface area contributed by atoms with Crippen LogP contribution in [0.25, 0.3) is 0 Å². The summed E-state index contributed by atoms with van der Waals surface area (Å²) in [5.74, 6) is 2.86. The van der Waals surface area contributed by atoms with Crippen molar-refractivity contribution in [2.45, 2.75) is 64.3 Å². The minimum atomic E-state index is 0.578. The van der Waals surface area contributed by atoms with Crippen molar-refractivity contribution in [3.05, 3.63) is 11.9 Å². The van der Waals surface area contributed by atoms with Crippen LogP contribution in [0.2, 0.25) is 0 Å².